The van der Waals surface area contributed by atoms with Crippen LogP contribution in [-0.2, 0) is 14.2 Å². The highest BCUT2D eigenvalue weighted by Gasteiger charge is 2.55. The van der Waals surface area contributed by atoms with E-state index < -0.39 is 5.79 Å². The van der Waals surface area contributed by atoms with Crippen LogP contribution >= 0.6 is 23.5 Å². The normalized spacial score (nSPS) is 30.3. The highest BCUT2D eigenvalue weighted by Crippen LogP contribution is 2.45. The van der Waals surface area contributed by atoms with Crippen LogP contribution in [0.25, 0.3) is 0 Å². The molecule has 2 fully saturated rings. The molecule has 0 bridgehead atoms. The molecule has 2 aromatic carbocycles. The first-order chi connectivity index (χ1) is 12.1. The Hall–Kier alpha value is -0.980. The maximum Gasteiger partial charge on any atom is 0.164 e. The molecule has 0 amide bonds. The van der Waals surface area contributed by atoms with Gasteiger partial charge in [-0.2, -0.15) is 0 Å². The molecule has 132 valence electrons. The van der Waals surface area contributed by atoms with E-state index in [1.54, 1.807) is 23.5 Å². The maximum atomic E-state index is 6.34. The Morgan fingerprint density at radius 3 is 2.12 bits per heavy atom. The lowest BCUT2D eigenvalue weighted by molar-refractivity contribution is -0.176. The van der Waals surface area contributed by atoms with Gasteiger partial charge in [0.1, 0.15) is 17.6 Å². The molecule has 4 atom stereocenters. The molecule has 2 heterocycles. The van der Waals surface area contributed by atoms with Crippen molar-refractivity contribution >= 4 is 23.5 Å². The van der Waals surface area contributed by atoms with Gasteiger partial charge >= 0.3 is 0 Å². The summed E-state index contributed by atoms with van der Waals surface area (Å²) in [5.74, 6) is 0.306. The summed E-state index contributed by atoms with van der Waals surface area (Å²) in [6.45, 7) is 3.97. The Bertz CT molecular complexity index is 693. The molecule has 5 heteroatoms. The van der Waals surface area contributed by atoms with Crippen molar-refractivity contribution in [2.75, 3.05) is 5.75 Å². The van der Waals surface area contributed by atoms with E-state index in [1.807, 2.05) is 38.1 Å². The van der Waals surface area contributed by atoms with Crippen molar-refractivity contribution in [3.63, 3.8) is 0 Å². The lowest BCUT2D eigenvalue weighted by Crippen LogP contribution is -2.31. The fourth-order valence-corrected chi connectivity index (χ4v) is 5.30. The van der Waals surface area contributed by atoms with Crippen molar-refractivity contribution in [1.29, 1.82) is 0 Å². The molecule has 25 heavy (non-hydrogen) atoms. The standard InChI is InChI=1S/C20H22O3S2/c1-20(2)22-17-16(13-24-14-9-5-3-6-10-14)21-19(18(17)23-20)25-15-11-7-4-8-12-15/h3-12,16-19H,13H2,1-2H3. The van der Waals surface area contributed by atoms with Crippen molar-refractivity contribution in [3.05, 3.63) is 60.7 Å². The van der Waals surface area contributed by atoms with Crippen LogP contribution in [0.5, 0.6) is 0 Å². The van der Waals surface area contributed by atoms with E-state index in [2.05, 4.69) is 36.4 Å². The molecular formula is C20H22O3S2. The van der Waals surface area contributed by atoms with Crippen LogP contribution in [0.2, 0.25) is 0 Å². The molecule has 4 unspecified atom stereocenters. The summed E-state index contributed by atoms with van der Waals surface area (Å²) in [5, 5.41) is 0. The van der Waals surface area contributed by atoms with Crippen molar-refractivity contribution in [2.45, 2.75) is 53.2 Å². The van der Waals surface area contributed by atoms with Gasteiger partial charge in [-0.25, -0.2) is 0 Å². The minimum Gasteiger partial charge on any atom is -0.357 e. The summed E-state index contributed by atoms with van der Waals surface area (Å²) in [7, 11) is 0. The topological polar surface area (TPSA) is 27.7 Å². The number of benzene rings is 2. The molecule has 2 saturated heterocycles. The van der Waals surface area contributed by atoms with Gasteiger partial charge in [-0.3, -0.25) is 0 Å². The second-order valence-electron chi connectivity index (χ2n) is 6.66. The summed E-state index contributed by atoms with van der Waals surface area (Å²) in [5.41, 5.74) is -0.0458. The van der Waals surface area contributed by atoms with Crippen molar-refractivity contribution in [2.24, 2.45) is 0 Å². The molecule has 0 aliphatic carbocycles. The van der Waals surface area contributed by atoms with Crippen LogP contribution in [0.15, 0.2) is 70.5 Å². The quantitative estimate of drug-likeness (QED) is 0.700. The molecule has 4 rings (SSSR count). The average molecular weight is 375 g/mol. The number of rotatable bonds is 5. The van der Waals surface area contributed by atoms with Crippen LogP contribution in [0.4, 0.5) is 0 Å². The average Bonchev–Trinajstić information content (AvgIpc) is 3.09. The summed E-state index contributed by atoms with van der Waals surface area (Å²) in [4.78, 5) is 2.44. The van der Waals surface area contributed by atoms with Gasteiger partial charge in [-0.05, 0) is 38.1 Å². The molecule has 2 aliphatic heterocycles. The molecule has 0 saturated carbocycles. The minimum atomic E-state index is -0.551. The van der Waals surface area contributed by atoms with E-state index in [-0.39, 0.29) is 23.7 Å². The molecule has 2 aliphatic rings. The van der Waals surface area contributed by atoms with Gasteiger partial charge in [-0.15, -0.1) is 11.8 Å². The van der Waals surface area contributed by atoms with Crippen LogP contribution < -0.4 is 0 Å². The van der Waals surface area contributed by atoms with Crippen molar-refractivity contribution in [1.82, 2.24) is 0 Å². The van der Waals surface area contributed by atoms with Crippen LogP contribution in [0, 0.1) is 0 Å². The number of hydrogen-bond acceptors (Lipinski definition) is 5. The number of thioether (sulfide) groups is 2. The molecule has 0 N–H and O–H groups in total. The first-order valence-electron chi connectivity index (χ1n) is 8.51. The third-order valence-corrected chi connectivity index (χ3v) is 6.52. The minimum absolute atomic E-state index is 0.0209. The van der Waals surface area contributed by atoms with E-state index in [4.69, 9.17) is 14.2 Å². The molecule has 0 radical (unpaired) electrons. The zero-order chi connectivity index (χ0) is 17.3. The Labute approximate surface area is 157 Å². The van der Waals surface area contributed by atoms with E-state index >= 15 is 0 Å². The molecular weight excluding hydrogens is 352 g/mol. The van der Waals surface area contributed by atoms with Gasteiger partial charge < -0.3 is 14.2 Å². The molecule has 2 aromatic rings. The Kier molecular flexibility index (Phi) is 5.11. The monoisotopic (exact) mass is 374 g/mol. The van der Waals surface area contributed by atoms with Crippen LogP contribution in [0.3, 0.4) is 0 Å². The predicted molar refractivity (Wildman–Crippen MR) is 102 cm³/mol. The van der Waals surface area contributed by atoms with Gasteiger partial charge in [0.2, 0.25) is 0 Å². The highest BCUT2D eigenvalue weighted by atomic mass is 32.2. The lowest BCUT2D eigenvalue weighted by Gasteiger charge is -2.24. The first kappa shape index (κ1) is 17.4. The molecule has 3 nitrogen and oxygen atoms in total. The predicted octanol–water partition coefficient (Wildman–Crippen LogP) is 4.82. The number of fused-ring (bicyclic) bond motifs is 1. The third-order valence-electron chi connectivity index (χ3n) is 4.26. The van der Waals surface area contributed by atoms with Crippen LogP contribution in [0.1, 0.15) is 13.8 Å². The van der Waals surface area contributed by atoms with Gasteiger partial charge in [0.15, 0.2) is 5.79 Å². The fourth-order valence-electron chi connectivity index (χ4n) is 3.20. The molecule has 0 spiro atoms. The number of ether oxygens (including phenoxy) is 3. The van der Waals surface area contributed by atoms with Crippen molar-refractivity contribution < 1.29 is 14.2 Å². The SMILES string of the molecule is CC1(C)OC2C(CSc3ccccc3)OC(Sc3ccccc3)C2O1. The van der Waals surface area contributed by atoms with Crippen molar-refractivity contribution in [3.8, 4) is 0 Å². The van der Waals surface area contributed by atoms with E-state index in [0.29, 0.717) is 0 Å². The summed E-state index contributed by atoms with van der Waals surface area (Å²) >= 11 is 3.52. The van der Waals surface area contributed by atoms with Gasteiger partial charge in [0.05, 0.1) is 6.10 Å². The van der Waals surface area contributed by atoms with E-state index in [9.17, 15) is 0 Å². The number of hydrogen-bond donors (Lipinski definition) is 0. The Morgan fingerprint density at radius 1 is 0.840 bits per heavy atom. The Morgan fingerprint density at radius 2 is 1.44 bits per heavy atom. The first-order valence-corrected chi connectivity index (χ1v) is 10.4. The summed E-state index contributed by atoms with van der Waals surface area (Å²) in [6.07, 6.45) is -0.0350. The van der Waals surface area contributed by atoms with Gasteiger partial charge in [0, 0.05) is 15.5 Å². The molecule has 0 aromatic heterocycles. The zero-order valence-electron chi connectivity index (χ0n) is 14.3. The summed E-state index contributed by atoms with van der Waals surface area (Å²) in [6, 6.07) is 20.8. The van der Waals surface area contributed by atoms with Gasteiger partial charge in [-0.1, -0.05) is 48.2 Å². The smallest absolute Gasteiger partial charge is 0.164 e. The maximum absolute atomic E-state index is 6.34. The van der Waals surface area contributed by atoms with E-state index in [0.717, 1.165) is 5.75 Å². The lowest BCUT2D eigenvalue weighted by atomic mass is 10.2. The Balaban J connectivity index is 1.46. The summed E-state index contributed by atoms with van der Waals surface area (Å²) < 4.78 is 18.7. The second kappa shape index (κ2) is 7.33. The zero-order valence-corrected chi connectivity index (χ0v) is 16.0. The van der Waals surface area contributed by atoms with E-state index in [1.165, 1.54) is 9.79 Å². The van der Waals surface area contributed by atoms with Gasteiger partial charge in [0.25, 0.3) is 0 Å². The van der Waals surface area contributed by atoms with Crippen LogP contribution in [-0.4, -0.2) is 35.3 Å². The second-order valence-corrected chi connectivity index (χ2v) is 8.93. The largest absolute Gasteiger partial charge is 0.357 e. The third kappa shape index (κ3) is 4.07. The fraction of sp³-hybridized carbons (Fsp3) is 0.400. The highest BCUT2D eigenvalue weighted by molar-refractivity contribution is 8.00.